The second-order valence-corrected chi connectivity index (χ2v) is 15.2. The fourth-order valence-corrected chi connectivity index (χ4v) is 8.34. The summed E-state index contributed by atoms with van der Waals surface area (Å²) in [6, 6.07) is 13.2. The molecule has 0 unspecified atom stereocenters. The fraction of sp³-hybridized carbons (Fsp3) is 0.0909. The third-order valence-corrected chi connectivity index (χ3v) is 11.4. The molecule has 0 fully saturated rings. The Labute approximate surface area is 286 Å². The van der Waals surface area contributed by atoms with Crippen molar-refractivity contribution < 1.29 is 9.85 Å². The number of nitro groups is 2. The standard InChI is InChI=1S/C22H12Cl8N2O4S4/c23-11-1-5-13(6-2-11)39-21(17(31(33)34)15(25)19(27)28)37-9-10-38-22(18(32(35)36)16(26)20(29)30)40-14-7-3-12(24)4-8-14/h1-8H,9-10H2/b21-17-,22-18+. The maximum Gasteiger partial charge on any atom is 0.310 e. The average molecular weight is 780 g/mol. The number of hydrogen-bond donors (Lipinski definition) is 0. The van der Waals surface area contributed by atoms with Crippen LogP contribution in [-0.2, 0) is 0 Å². The Morgan fingerprint density at radius 3 is 1.15 bits per heavy atom. The molecule has 18 heteroatoms. The minimum Gasteiger partial charge on any atom is -0.258 e. The number of halogens is 8. The summed E-state index contributed by atoms with van der Waals surface area (Å²) in [4.78, 5) is 23.7. The molecule has 2 aromatic rings. The summed E-state index contributed by atoms with van der Waals surface area (Å²) in [5.74, 6) is 0.487. The molecule has 0 aliphatic heterocycles. The Hall–Kier alpha value is -0.0800. The van der Waals surface area contributed by atoms with Gasteiger partial charge < -0.3 is 0 Å². The SMILES string of the molecule is O=[N+]([O-])/C(C(Cl)=C(Cl)Cl)=C(/SCCS/C(Sc1ccc(Cl)cc1)=C(/C(Cl)=C(Cl)Cl)[N+](=O)[O-])Sc1ccc(Cl)cc1. The number of nitrogens with zero attached hydrogens (tertiary/aromatic N) is 2. The van der Waals surface area contributed by atoms with E-state index >= 15 is 0 Å². The van der Waals surface area contributed by atoms with E-state index in [4.69, 9.17) is 92.8 Å². The van der Waals surface area contributed by atoms with Gasteiger partial charge in [0.2, 0.25) is 0 Å². The molecular weight excluding hydrogens is 768 g/mol. The van der Waals surface area contributed by atoms with Gasteiger partial charge in [-0.05, 0) is 48.5 Å². The van der Waals surface area contributed by atoms with Crippen LogP contribution in [0.1, 0.15) is 0 Å². The lowest BCUT2D eigenvalue weighted by atomic mass is 10.4. The molecule has 0 atom stereocenters. The van der Waals surface area contributed by atoms with Gasteiger partial charge >= 0.3 is 11.4 Å². The molecule has 214 valence electrons. The fourth-order valence-electron chi connectivity index (χ4n) is 2.45. The molecular formula is C22H12Cl8N2O4S4. The number of thioether (sulfide) groups is 4. The summed E-state index contributed by atoms with van der Waals surface area (Å²) >= 11 is 51.4. The van der Waals surface area contributed by atoms with Crippen LogP contribution in [0.5, 0.6) is 0 Å². The highest BCUT2D eigenvalue weighted by atomic mass is 35.5. The smallest absolute Gasteiger partial charge is 0.258 e. The Balaban J connectivity index is 2.41. The minimum absolute atomic E-state index is 0.184. The Kier molecular flexibility index (Phi) is 16.2. The number of hydrogen-bond acceptors (Lipinski definition) is 8. The van der Waals surface area contributed by atoms with Gasteiger partial charge in [0.25, 0.3) is 0 Å². The van der Waals surface area contributed by atoms with E-state index in [1.54, 1.807) is 48.5 Å². The van der Waals surface area contributed by atoms with Crippen LogP contribution in [0.4, 0.5) is 0 Å². The summed E-state index contributed by atoms with van der Waals surface area (Å²) in [6.45, 7) is 0. The van der Waals surface area contributed by atoms with Gasteiger partial charge in [-0.25, -0.2) is 0 Å². The largest absolute Gasteiger partial charge is 0.310 e. The van der Waals surface area contributed by atoms with Crippen molar-refractivity contribution in [2.24, 2.45) is 0 Å². The van der Waals surface area contributed by atoms with E-state index in [1.165, 1.54) is 0 Å². The molecule has 0 amide bonds. The molecule has 0 radical (unpaired) electrons. The first-order valence-corrected chi connectivity index (χ1v) is 16.8. The second-order valence-electron chi connectivity index (χ2n) is 6.74. The molecule has 2 aromatic carbocycles. The lowest BCUT2D eigenvalue weighted by Gasteiger charge is -2.11. The van der Waals surface area contributed by atoms with Crippen molar-refractivity contribution in [3.05, 3.63) is 118 Å². The Morgan fingerprint density at radius 2 is 0.900 bits per heavy atom. The van der Waals surface area contributed by atoms with Crippen LogP contribution >= 0.6 is 140 Å². The third kappa shape index (κ3) is 11.5. The molecule has 0 aromatic heterocycles. The lowest BCUT2D eigenvalue weighted by molar-refractivity contribution is -0.419. The van der Waals surface area contributed by atoms with E-state index in [0.717, 1.165) is 47.0 Å². The van der Waals surface area contributed by atoms with Gasteiger partial charge in [0.05, 0.1) is 9.85 Å². The van der Waals surface area contributed by atoms with Gasteiger partial charge in [-0.15, -0.1) is 23.5 Å². The summed E-state index contributed by atoms with van der Waals surface area (Å²) in [5, 5.41) is 23.9. The van der Waals surface area contributed by atoms with Gasteiger partial charge in [-0.1, -0.05) is 116 Å². The van der Waals surface area contributed by atoms with Gasteiger partial charge in [-0.2, -0.15) is 0 Å². The average Bonchev–Trinajstić information content (AvgIpc) is 2.88. The van der Waals surface area contributed by atoms with E-state index in [9.17, 15) is 20.2 Å². The first kappa shape index (κ1) is 36.1. The summed E-state index contributed by atoms with van der Waals surface area (Å²) in [5.41, 5.74) is -0.984. The highest BCUT2D eigenvalue weighted by Gasteiger charge is 2.28. The van der Waals surface area contributed by atoms with Gasteiger partial charge in [0.15, 0.2) is 10.1 Å². The van der Waals surface area contributed by atoms with Gasteiger partial charge in [0.1, 0.15) is 17.5 Å². The Bertz CT molecular complexity index is 1270. The zero-order valence-electron chi connectivity index (χ0n) is 19.2. The van der Waals surface area contributed by atoms with E-state index in [0.29, 0.717) is 19.8 Å². The van der Waals surface area contributed by atoms with Gasteiger partial charge in [-0.3, -0.25) is 20.2 Å². The third-order valence-electron chi connectivity index (χ3n) is 4.10. The minimum atomic E-state index is -0.689. The molecule has 0 bridgehead atoms. The van der Waals surface area contributed by atoms with Crippen molar-refractivity contribution in [3.63, 3.8) is 0 Å². The molecule has 0 heterocycles. The first-order valence-electron chi connectivity index (χ1n) is 10.1. The van der Waals surface area contributed by atoms with Crippen LogP contribution in [0.25, 0.3) is 0 Å². The molecule has 0 aliphatic carbocycles. The molecule has 0 saturated carbocycles. The Morgan fingerprint density at radius 1 is 0.600 bits per heavy atom. The highest BCUT2D eigenvalue weighted by molar-refractivity contribution is 8.24. The maximum absolute atomic E-state index is 11.9. The molecule has 6 nitrogen and oxygen atoms in total. The molecule has 0 N–H and O–H groups in total. The van der Waals surface area contributed by atoms with E-state index in [-0.39, 0.29) is 20.0 Å². The topological polar surface area (TPSA) is 86.3 Å². The van der Waals surface area contributed by atoms with E-state index < -0.39 is 40.3 Å². The van der Waals surface area contributed by atoms with Crippen molar-refractivity contribution in [2.75, 3.05) is 11.5 Å². The van der Waals surface area contributed by atoms with Crippen molar-refractivity contribution in [1.82, 2.24) is 0 Å². The zero-order valence-corrected chi connectivity index (χ0v) is 28.5. The van der Waals surface area contributed by atoms with Gasteiger partial charge in [0, 0.05) is 31.3 Å². The van der Waals surface area contributed by atoms with Crippen LogP contribution in [0.3, 0.4) is 0 Å². The van der Waals surface area contributed by atoms with E-state index in [2.05, 4.69) is 0 Å². The van der Waals surface area contributed by atoms with Crippen molar-refractivity contribution in [3.8, 4) is 0 Å². The molecule has 0 spiro atoms. The van der Waals surface area contributed by atoms with Crippen LogP contribution in [0, 0.1) is 20.2 Å². The van der Waals surface area contributed by atoms with Crippen LogP contribution < -0.4 is 0 Å². The van der Waals surface area contributed by atoms with Crippen molar-refractivity contribution in [2.45, 2.75) is 9.79 Å². The quantitative estimate of drug-likeness (QED) is 0.0653. The predicted octanol–water partition coefficient (Wildman–Crippen LogP) is 12.0. The van der Waals surface area contributed by atoms with Crippen molar-refractivity contribution >= 4 is 140 Å². The second kappa shape index (κ2) is 17.9. The number of rotatable bonds is 13. The molecule has 0 saturated heterocycles. The van der Waals surface area contributed by atoms with Crippen LogP contribution in [0.15, 0.2) is 97.2 Å². The normalized spacial score (nSPS) is 12.3. The van der Waals surface area contributed by atoms with Crippen LogP contribution in [-0.4, -0.2) is 21.4 Å². The summed E-state index contributed by atoms with van der Waals surface area (Å²) < 4.78 is -0.582. The summed E-state index contributed by atoms with van der Waals surface area (Å²) in [6.07, 6.45) is 0. The number of allylic oxidation sites excluding steroid dienone is 2. The van der Waals surface area contributed by atoms with Crippen molar-refractivity contribution in [1.29, 1.82) is 0 Å². The van der Waals surface area contributed by atoms with Crippen LogP contribution in [0.2, 0.25) is 10.0 Å². The zero-order chi connectivity index (χ0) is 30.0. The monoisotopic (exact) mass is 776 g/mol. The first-order chi connectivity index (χ1) is 18.8. The molecule has 0 aliphatic rings. The lowest BCUT2D eigenvalue weighted by Crippen LogP contribution is -2.04. The summed E-state index contributed by atoms with van der Waals surface area (Å²) in [7, 11) is 0. The number of benzene rings is 2. The predicted molar refractivity (Wildman–Crippen MR) is 177 cm³/mol. The highest BCUT2D eigenvalue weighted by Crippen LogP contribution is 2.45. The molecule has 40 heavy (non-hydrogen) atoms. The van der Waals surface area contributed by atoms with E-state index in [1.807, 2.05) is 0 Å². The molecule has 2 rings (SSSR count). The maximum atomic E-state index is 11.9.